The Bertz CT molecular complexity index is 500. The lowest BCUT2D eigenvalue weighted by molar-refractivity contribution is -0.118. The maximum atomic E-state index is 11.3. The molecule has 2 aliphatic rings. The first-order chi connectivity index (χ1) is 9.21. The summed E-state index contributed by atoms with van der Waals surface area (Å²) in [4.78, 5) is 11.3. The number of nitrogens with one attached hydrogen (secondary N) is 2. The summed E-state index contributed by atoms with van der Waals surface area (Å²) in [5.41, 5.74) is 1.95. The highest BCUT2D eigenvalue weighted by atomic mass is 32.2. The topological polar surface area (TPSA) is 50.4 Å². The fourth-order valence-corrected chi connectivity index (χ4v) is 3.02. The fourth-order valence-electron chi connectivity index (χ4n) is 2.27. The third-order valence-electron chi connectivity index (χ3n) is 3.69. The number of hydrogen-bond acceptors (Lipinski definition) is 4. The van der Waals surface area contributed by atoms with Crippen LogP contribution in [0.5, 0.6) is 5.75 Å². The van der Waals surface area contributed by atoms with Crippen LogP contribution in [0.25, 0.3) is 0 Å². The molecule has 19 heavy (non-hydrogen) atoms. The van der Waals surface area contributed by atoms with Gasteiger partial charge < -0.3 is 15.4 Å². The van der Waals surface area contributed by atoms with Crippen molar-refractivity contribution >= 4 is 23.4 Å². The molecular weight excluding hydrogens is 260 g/mol. The summed E-state index contributed by atoms with van der Waals surface area (Å²) in [5.74, 6) is 0.669. The van der Waals surface area contributed by atoms with Gasteiger partial charge in [-0.15, -0.1) is 0 Å². The van der Waals surface area contributed by atoms with Gasteiger partial charge in [0, 0.05) is 17.8 Å². The van der Waals surface area contributed by atoms with E-state index in [1.54, 1.807) is 0 Å². The van der Waals surface area contributed by atoms with Gasteiger partial charge in [0.25, 0.3) is 5.91 Å². The molecule has 1 aliphatic carbocycles. The Morgan fingerprint density at radius 1 is 1.47 bits per heavy atom. The SMILES string of the molecule is CSC1(CNCc2ccc3c(c2)NC(=O)CO3)CC1. The van der Waals surface area contributed by atoms with Crippen LogP contribution in [0, 0.1) is 0 Å². The van der Waals surface area contributed by atoms with Crippen molar-refractivity contribution in [1.82, 2.24) is 5.32 Å². The minimum absolute atomic E-state index is 0.0862. The van der Waals surface area contributed by atoms with Crippen molar-refractivity contribution in [3.05, 3.63) is 23.8 Å². The number of benzene rings is 1. The number of hydrogen-bond donors (Lipinski definition) is 2. The lowest BCUT2D eigenvalue weighted by Gasteiger charge is -2.19. The summed E-state index contributed by atoms with van der Waals surface area (Å²) < 4.78 is 5.82. The van der Waals surface area contributed by atoms with E-state index in [0.29, 0.717) is 4.75 Å². The summed E-state index contributed by atoms with van der Waals surface area (Å²) in [6.45, 7) is 1.99. The maximum Gasteiger partial charge on any atom is 0.262 e. The van der Waals surface area contributed by atoms with Gasteiger partial charge >= 0.3 is 0 Å². The number of carbonyl (C=O) groups is 1. The molecule has 1 aromatic rings. The van der Waals surface area contributed by atoms with E-state index in [4.69, 9.17) is 4.74 Å². The normalized spacial score (nSPS) is 19.3. The molecular formula is C14H18N2O2S. The monoisotopic (exact) mass is 278 g/mol. The quantitative estimate of drug-likeness (QED) is 0.865. The second-order valence-electron chi connectivity index (χ2n) is 5.16. The molecule has 0 atom stereocenters. The zero-order valence-corrected chi connectivity index (χ0v) is 11.8. The first-order valence-electron chi connectivity index (χ1n) is 6.52. The Morgan fingerprint density at radius 2 is 2.32 bits per heavy atom. The first-order valence-corrected chi connectivity index (χ1v) is 7.75. The Hall–Kier alpha value is -1.20. The molecule has 5 heteroatoms. The van der Waals surface area contributed by atoms with E-state index in [2.05, 4.69) is 16.9 Å². The number of amides is 1. The van der Waals surface area contributed by atoms with Gasteiger partial charge in [0.1, 0.15) is 5.75 Å². The smallest absolute Gasteiger partial charge is 0.262 e. The van der Waals surface area contributed by atoms with Gasteiger partial charge in [-0.05, 0) is 36.8 Å². The second kappa shape index (κ2) is 5.06. The van der Waals surface area contributed by atoms with Gasteiger partial charge in [-0.1, -0.05) is 6.07 Å². The minimum Gasteiger partial charge on any atom is -0.482 e. The number of fused-ring (bicyclic) bond motifs is 1. The van der Waals surface area contributed by atoms with Crippen LogP contribution < -0.4 is 15.4 Å². The molecule has 0 saturated heterocycles. The predicted octanol–water partition coefficient (Wildman–Crippen LogP) is 2.00. The van der Waals surface area contributed by atoms with E-state index in [1.807, 2.05) is 30.0 Å². The molecule has 4 nitrogen and oxygen atoms in total. The highest BCUT2D eigenvalue weighted by molar-refractivity contribution is 8.00. The highest BCUT2D eigenvalue weighted by Crippen LogP contribution is 2.46. The fraction of sp³-hybridized carbons (Fsp3) is 0.500. The zero-order chi connectivity index (χ0) is 13.3. The molecule has 102 valence electrons. The molecule has 1 saturated carbocycles. The molecule has 1 fully saturated rings. The third-order valence-corrected chi connectivity index (χ3v) is 5.11. The van der Waals surface area contributed by atoms with Crippen LogP contribution >= 0.6 is 11.8 Å². The number of anilines is 1. The van der Waals surface area contributed by atoms with Gasteiger partial charge in [0.05, 0.1) is 5.69 Å². The van der Waals surface area contributed by atoms with Gasteiger partial charge in [-0.25, -0.2) is 0 Å². The molecule has 0 aromatic heterocycles. The molecule has 1 heterocycles. The van der Waals surface area contributed by atoms with Crippen molar-refractivity contribution in [3.8, 4) is 5.75 Å². The second-order valence-corrected chi connectivity index (χ2v) is 6.43. The number of thioether (sulfide) groups is 1. The summed E-state index contributed by atoms with van der Waals surface area (Å²) in [6.07, 6.45) is 4.81. The highest BCUT2D eigenvalue weighted by Gasteiger charge is 2.41. The minimum atomic E-state index is -0.0862. The van der Waals surface area contributed by atoms with Crippen molar-refractivity contribution in [2.45, 2.75) is 24.1 Å². The van der Waals surface area contributed by atoms with E-state index in [0.717, 1.165) is 24.5 Å². The Morgan fingerprint density at radius 3 is 3.05 bits per heavy atom. The van der Waals surface area contributed by atoms with E-state index < -0.39 is 0 Å². The van der Waals surface area contributed by atoms with Gasteiger partial charge in [0.2, 0.25) is 0 Å². The van der Waals surface area contributed by atoms with E-state index in [9.17, 15) is 4.79 Å². The first kappa shape index (κ1) is 12.8. The number of ether oxygens (including phenoxy) is 1. The summed E-state index contributed by atoms with van der Waals surface area (Å²) in [5, 5.41) is 6.33. The average Bonchev–Trinajstić information content (AvgIpc) is 3.19. The lowest BCUT2D eigenvalue weighted by atomic mass is 10.1. The average molecular weight is 278 g/mol. The Kier molecular flexibility index (Phi) is 3.41. The van der Waals surface area contributed by atoms with Crippen molar-refractivity contribution in [1.29, 1.82) is 0 Å². The maximum absolute atomic E-state index is 11.3. The largest absolute Gasteiger partial charge is 0.482 e. The van der Waals surface area contributed by atoms with Crippen molar-refractivity contribution in [3.63, 3.8) is 0 Å². The van der Waals surface area contributed by atoms with Gasteiger partial charge in [-0.2, -0.15) is 11.8 Å². The summed E-state index contributed by atoms with van der Waals surface area (Å²) in [6, 6.07) is 5.95. The van der Waals surface area contributed by atoms with Gasteiger partial charge in [0.15, 0.2) is 6.61 Å². The third kappa shape index (κ3) is 2.87. The van der Waals surface area contributed by atoms with E-state index in [1.165, 1.54) is 18.4 Å². The Labute approximate surface area is 117 Å². The molecule has 3 rings (SSSR count). The molecule has 0 spiro atoms. The Balaban J connectivity index is 1.59. The van der Waals surface area contributed by atoms with Crippen LogP contribution in [0.15, 0.2) is 18.2 Å². The summed E-state index contributed by atoms with van der Waals surface area (Å²) in [7, 11) is 0. The van der Waals surface area contributed by atoms with Crippen molar-refractivity contribution in [2.24, 2.45) is 0 Å². The van der Waals surface area contributed by atoms with Gasteiger partial charge in [-0.3, -0.25) is 4.79 Å². The molecule has 2 N–H and O–H groups in total. The molecule has 0 radical (unpaired) electrons. The van der Waals surface area contributed by atoms with E-state index >= 15 is 0 Å². The van der Waals surface area contributed by atoms with Crippen LogP contribution in [0.1, 0.15) is 18.4 Å². The predicted molar refractivity (Wildman–Crippen MR) is 77.8 cm³/mol. The molecule has 1 amide bonds. The molecule has 0 unspecified atom stereocenters. The zero-order valence-electron chi connectivity index (χ0n) is 11.0. The van der Waals surface area contributed by atoms with Crippen LogP contribution in [0.2, 0.25) is 0 Å². The molecule has 0 bridgehead atoms. The molecule has 1 aliphatic heterocycles. The summed E-state index contributed by atoms with van der Waals surface area (Å²) >= 11 is 1.96. The van der Waals surface area contributed by atoms with Crippen molar-refractivity contribution < 1.29 is 9.53 Å². The number of rotatable bonds is 5. The number of carbonyl (C=O) groups excluding carboxylic acids is 1. The lowest BCUT2D eigenvalue weighted by Crippen LogP contribution is -2.27. The van der Waals surface area contributed by atoms with Crippen LogP contribution in [-0.2, 0) is 11.3 Å². The van der Waals surface area contributed by atoms with E-state index in [-0.39, 0.29) is 12.5 Å². The van der Waals surface area contributed by atoms with Crippen LogP contribution in [0.3, 0.4) is 0 Å². The standard InChI is InChI=1S/C14H18N2O2S/c1-19-14(4-5-14)9-15-7-10-2-3-12-11(6-10)16-13(17)8-18-12/h2-3,6,15H,4-5,7-9H2,1H3,(H,16,17). The van der Waals surface area contributed by atoms with Crippen LogP contribution in [0.4, 0.5) is 5.69 Å². The van der Waals surface area contributed by atoms with Crippen molar-refractivity contribution in [2.75, 3.05) is 24.7 Å². The molecule has 1 aromatic carbocycles. The van der Waals surface area contributed by atoms with Crippen LogP contribution in [-0.4, -0.2) is 30.1 Å².